The number of benzene rings is 2. The van der Waals surface area contributed by atoms with Crippen molar-refractivity contribution in [2.24, 2.45) is 0 Å². The summed E-state index contributed by atoms with van der Waals surface area (Å²) in [6.45, 7) is 1.43. The number of carbonyl (C=O) groups excluding carboxylic acids is 3. The van der Waals surface area contributed by atoms with Gasteiger partial charge in [-0.25, -0.2) is 14.5 Å². The number of hydrogen-bond acceptors (Lipinski definition) is 7. The van der Waals surface area contributed by atoms with Gasteiger partial charge < -0.3 is 19.7 Å². The molecule has 0 aromatic heterocycles. The van der Waals surface area contributed by atoms with Gasteiger partial charge in [-0.1, -0.05) is 0 Å². The van der Waals surface area contributed by atoms with Gasteiger partial charge in [0.1, 0.15) is 11.3 Å². The van der Waals surface area contributed by atoms with Crippen molar-refractivity contribution in [1.29, 1.82) is 0 Å². The molecule has 0 unspecified atom stereocenters. The lowest BCUT2D eigenvalue weighted by Crippen LogP contribution is -2.54. The number of nitrogens with zero attached hydrogens (tertiary/aromatic N) is 1. The normalized spacial score (nSPS) is 15.0. The van der Waals surface area contributed by atoms with Gasteiger partial charge >= 0.3 is 12.0 Å². The van der Waals surface area contributed by atoms with Crippen molar-refractivity contribution in [3.8, 4) is 17.2 Å². The fourth-order valence-corrected chi connectivity index (χ4v) is 3.65. The Bertz CT molecular complexity index is 1130. The van der Waals surface area contributed by atoms with Crippen LogP contribution in [0.1, 0.15) is 12.5 Å². The summed E-state index contributed by atoms with van der Waals surface area (Å²) in [5, 5.41) is 20.4. The lowest BCUT2D eigenvalue weighted by Gasteiger charge is -2.26. The molecule has 2 aromatic carbocycles. The van der Waals surface area contributed by atoms with Crippen molar-refractivity contribution >= 4 is 58.2 Å². The minimum absolute atomic E-state index is 0.0475. The number of carboxylic acid groups (broad SMARTS) is 1. The van der Waals surface area contributed by atoms with E-state index in [1.54, 1.807) is 13.0 Å². The second kappa shape index (κ2) is 9.68. The number of aliphatic carboxylic acids is 1. The number of nitrogens with one attached hydrogen (secondary N) is 1. The Hall–Kier alpha value is -3.61. The molecule has 1 aliphatic rings. The summed E-state index contributed by atoms with van der Waals surface area (Å²) in [6, 6.07) is 7.51. The smallest absolute Gasteiger partial charge is 0.341 e. The minimum Gasteiger partial charge on any atom is -0.508 e. The second-order valence-corrected chi connectivity index (χ2v) is 7.58. The summed E-state index contributed by atoms with van der Waals surface area (Å²) >= 11 is 1.92. The highest BCUT2D eigenvalue weighted by atomic mass is 127. The number of ether oxygens (including phenoxy) is 2. The van der Waals surface area contributed by atoms with E-state index in [4.69, 9.17) is 14.6 Å². The third kappa shape index (κ3) is 4.99. The van der Waals surface area contributed by atoms with Crippen molar-refractivity contribution in [3.63, 3.8) is 0 Å². The van der Waals surface area contributed by atoms with Gasteiger partial charge in [-0.05, 0) is 77.6 Å². The molecular formula is C21H17IN2O8. The number of imide groups is 2. The zero-order chi connectivity index (χ0) is 23.4. The van der Waals surface area contributed by atoms with Crippen LogP contribution in [-0.2, 0) is 14.4 Å². The van der Waals surface area contributed by atoms with Crippen molar-refractivity contribution in [3.05, 3.63) is 51.1 Å². The van der Waals surface area contributed by atoms with E-state index < -0.39 is 30.4 Å². The number of aromatic hydroxyl groups is 1. The number of carboxylic acids is 1. The van der Waals surface area contributed by atoms with Gasteiger partial charge in [0.05, 0.1) is 15.9 Å². The number of phenols is 1. The van der Waals surface area contributed by atoms with Crippen molar-refractivity contribution in [2.75, 3.05) is 18.1 Å². The summed E-state index contributed by atoms with van der Waals surface area (Å²) in [5.41, 5.74) is 0.278. The summed E-state index contributed by atoms with van der Waals surface area (Å²) in [4.78, 5) is 49.2. The largest absolute Gasteiger partial charge is 0.508 e. The fraction of sp³-hybridized carbons (Fsp3) is 0.143. The molecule has 10 nitrogen and oxygen atoms in total. The topological polar surface area (TPSA) is 142 Å². The van der Waals surface area contributed by atoms with Crippen LogP contribution in [0.25, 0.3) is 6.08 Å². The fourth-order valence-electron chi connectivity index (χ4n) is 2.87. The van der Waals surface area contributed by atoms with E-state index in [1.807, 2.05) is 22.6 Å². The third-order valence-electron chi connectivity index (χ3n) is 4.19. The van der Waals surface area contributed by atoms with Crippen LogP contribution in [0.2, 0.25) is 0 Å². The summed E-state index contributed by atoms with van der Waals surface area (Å²) < 4.78 is 11.3. The van der Waals surface area contributed by atoms with Crippen LogP contribution in [0, 0.1) is 3.57 Å². The highest BCUT2D eigenvalue weighted by Gasteiger charge is 2.36. The molecule has 2 aromatic rings. The van der Waals surface area contributed by atoms with Crippen LogP contribution < -0.4 is 19.7 Å². The van der Waals surface area contributed by atoms with E-state index in [1.165, 1.54) is 36.4 Å². The van der Waals surface area contributed by atoms with E-state index in [0.717, 1.165) is 4.90 Å². The molecule has 0 aliphatic carbocycles. The Kier molecular flexibility index (Phi) is 6.98. The maximum Gasteiger partial charge on any atom is 0.341 e. The number of barbiturate groups is 1. The Morgan fingerprint density at radius 1 is 1.16 bits per heavy atom. The average molecular weight is 552 g/mol. The SMILES string of the molecule is CCOc1cc(/C=C2\C(=O)NC(=O)N(c3ccc(O)cc3)C2=O)cc(I)c1OCC(=O)O. The van der Waals surface area contributed by atoms with Crippen LogP contribution in [0.3, 0.4) is 0 Å². The van der Waals surface area contributed by atoms with E-state index in [-0.39, 0.29) is 35.1 Å². The van der Waals surface area contributed by atoms with Gasteiger partial charge in [0.15, 0.2) is 18.1 Å². The molecule has 11 heteroatoms. The summed E-state index contributed by atoms with van der Waals surface area (Å²) in [5.74, 6) is -2.45. The van der Waals surface area contributed by atoms with Crippen LogP contribution in [0.4, 0.5) is 10.5 Å². The monoisotopic (exact) mass is 552 g/mol. The van der Waals surface area contributed by atoms with E-state index >= 15 is 0 Å². The minimum atomic E-state index is -1.15. The standard InChI is InChI=1S/C21H17IN2O8/c1-2-31-16-9-11(8-15(22)18(16)32-10-17(26)27)7-14-19(28)23-21(30)24(20(14)29)12-3-5-13(25)6-4-12/h3-9,25H,2,10H2,1H3,(H,26,27)(H,23,28,30)/b14-7+. The van der Waals surface area contributed by atoms with Crippen molar-refractivity contribution in [1.82, 2.24) is 5.32 Å². The first-order valence-corrected chi connectivity index (χ1v) is 10.3. The van der Waals surface area contributed by atoms with Crippen LogP contribution >= 0.6 is 22.6 Å². The maximum atomic E-state index is 13.0. The lowest BCUT2D eigenvalue weighted by atomic mass is 10.1. The molecule has 0 saturated carbocycles. The Morgan fingerprint density at radius 2 is 1.84 bits per heavy atom. The first-order chi connectivity index (χ1) is 15.2. The molecule has 0 bridgehead atoms. The second-order valence-electron chi connectivity index (χ2n) is 6.42. The molecule has 1 fully saturated rings. The lowest BCUT2D eigenvalue weighted by molar-refractivity contribution is -0.139. The van der Waals surface area contributed by atoms with E-state index in [9.17, 15) is 24.3 Å². The van der Waals surface area contributed by atoms with Gasteiger partial charge in [0.2, 0.25) is 0 Å². The van der Waals surface area contributed by atoms with Crippen LogP contribution in [0.5, 0.6) is 17.2 Å². The highest BCUT2D eigenvalue weighted by molar-refractivity contribution is 14.1. The maximum absolute atomic E-state index is 13.0. The predicted molar refractivity (Wildman–Crippen MR) is 121 cm³/mol. The molecule has 1 aliphatic heterocycles. The number of amides is 4. The molecule has 0 radical (unpaired) electrons. The van der Waals surface area contributed by atoms with Crippen LogP contribution in [0.15, 0.2) is 42.0 Å². The number of halogens is 1. The predicted octanol–water partition coefficient (Wildman–Crippen LogP) is 2.53. The van der Waals surface area contributed by atoms with Crippen molar-refractivity contribution < 1.29 is 38.9 Å². The van der Waals surface area contributed by atoms with Gasteiger partial charge in [0, 0.05) is 0 Å². The zero-order valence-electron chi connectivity index (χ0n) is 16.6. The molecule has 166 valence electrons. The molecule has 0 atom stereocenters. The Labute approximate surface area is 195 Å². The molecular weight excluding hydrogens is 535 g/mol. The Morgan fingerprint density at radius 3 is 2.47 bits per heavy atom. The van der Waals surface area contributed by atoms with Crippen molar-refractivity contribution in [2.45, 2.75) is 6.92 Å². The molecule has 3 N–H and O–H groups in total. The average Bonchev–Trinajstić information content (AvgIpc) is 2.72. The van der Waals surface area contributed by atoms with Crippen LogP contribution in [-0.4, -0.2) is 47.2 Å². The van der Waals surface area contributed by atoms with Gasteiger partial charge in [-0.3, -0.25) is 14.9 Å². The molecule has 3 rings (SSSR count). The zero-order valence-corrected chi connectivity index (χ0v) is 18.8. The molecule has 1 saturated heterocycles. The number of hydrogen-bond donors (Lipinski definition) is 3. The Balaban J connectivity index is 2.00. The number of carbonyl (C=O) groups is 4. The number of urea groups is 1. The van der Waals surface area contributed by atoms with Gasteiger partial charge in [-0.15, -0.1) is 0 Å². The molecule has 1 heterocycles. The van der Waals surface area contributed by atoms with E-state index in [2.05, 4.69) is 5.32 Å². The van der Waals surface area contributed by atoms with Gasteiger partial charge in [-0.2, -0.15) is 0 Å². The first kappa shape index (κ1) is 23.1. The molecule has 4 amide bonds. The van der Waals surface area contributed by atoms with E-state index in [0.29, 0.717) is 9.13 Å². The number of anilines is 1. The van der Waals surface area contributed by atoms with Gasteiger partial charge in [0.25, 0.3) is 11.8 Å². The number of rotatable bonds is 7. The highest BCUT2D eigenvalue weighted by Crippen LogP contribution is 2.35. The molecule has 0 spiro atoms. The summed E-state index contributed by atoms with van der Waals surface area (Å²) in [6.07, 6.45) is 1.29. The summed E-state index contributed by atoms with van der Waals surface area (Å²) in [7, 11) is 0. The number of phenolic OH excluding ortho intramolecular Hbond substituents is 1. The quantitative estimate of drug-likeness (QED) is 0.270. The molecule has 32 heavy (non-hydrogen) atoms. The third-order valence-corrected chi connectivity index (χ3v) is 4.99. The first-order valence-electron chi connectivity index (χ1n) is 9.22.